The van der Waals surface area contributed by atoms with Crippen LogP contribution >= 0.6 is 0 Å². The molecule has 0 saturated heterocycles. The SMILES string of the molecule is NS(=O)(=O)c1ccc(COc2ccc([N+](=O)[O-])cc2)cc1. The van der Waals surface area contributed by atoms with E-state index in [1.165, 1.54) is 36.4 Å². The number of nitrogens with two attached hydrogens (primary N) is 1. The number of primary sulfonamides is 1. The van der Waals surface area contributed by atoms with Crippen LogP contribution in [-0.2, 0) is 16.6 Å². The third kappa shape index (κ3) is 4.01. The van der Waals surface area contributed by atoms with E-state index in [1.54, 1.807) is 12.1 Å². The summed E-state index contributed by atoms with van der Waals surface area (Å²) >= 11 is 0. The van der Waals surface area contributed by atoms with Gasteiger partial charge >= 0.3 is 0 Å². The number of benzene rings is 2. The van der Waals surface area contributed by atoms with Crippen LogP contribution in [-0.4, -0.2) is 13.3 Å². The molecule has 0 atom stereocenters. The number of nitrogens with zero attached hydrogens (tertiary/aromatic N) is 1. The lowest BCUT2D eigenvalue weighted by Crippen LogP contribution is -2.12. The molecule has 0 aliphatic heterocycles. The molecular formula is C13H12N2O5S. The molecular weight excluding hydrogens is 296 g/mol. The van der Waals surface area contributed by atoms with Crippen molar-refractivity contribution in [3.8, 4) is 5.75 Å². The van der Waals surface area contributed by atoms with Crippen LogP contribution in [0, 0.1) is 10.1 Å². The van der Waals surface area contributed by atoms with E-state index in [0.29, 0.717) is 5.75 Å². The lowest BCUT2D eigenvalue weighted by molar-refractivity contribution is -0.384. The van der Waals surface area contributed by atoms with Crippen molar-refractivity contribution in [1.29, 1.82) is 0 Å². The average molecular weight is 308 g/mol. The predicted octanol–water partition coefficient (Wildman–Crippen LogP) is 1.82. The average Bonchev–Trinajstić information content (AvgIpc) is 2.45. The summed E-state index contributed by atoms with van der Waals surface area (Å²) in [5.41, 5.74) is 0.737. The zero-order valence-electron chi connectivity index (χ0n) is 10.8. The molecule has 0 bridgehead atoms. The Morgan fingerprint density at radius 1 is 1.05 bits per heavy atom. The minimum absolute atomic E-state index is 0.0140. The van der Waals surface area contributed by atoms with Crippen LogP contribution in [0.2, 0.25) is 0 Å². The number of ether oxygens (including phenoxy) is 1. The van der Waals surface area contributed by atoms with E-state index in [0.717, 1.165) is 5.56 Å². The van der Waals surface area contributed by atoms with Crippen molar-refractivity contribution in [2.24, 2.45) is 5.14 Å². The van der Waals surface area contributed by atoms with Crippen LogP contribution in [0.4, 0.5) is 5.69 Å². The number of sulfonamides is 1. The number of nitro groups is 1. The van der Waals surface area contributed by atoms with E-state index in [-0.39, 0.29) is 17.2 Å². The van der Waals surface area contributed by atoms with Crippen molar-refractivity contribution in [3.63, 3.8) is 0 Å². The minimum atomic E-state index is -3.70. The summed E-state index contributed by atoms with van der Waals surface area (Å²) in [5.74, 6) is 0.483. The maximum atomic E-state index is 11.1. The third-order valence-electron chi connectivity index (χ3n) is 2.70. The Bertz CT molecular complexity index is 739. The summed E-state index contributed by atoms with van der Waals surface area (Å²) in [6, 6.07) is 11.6. The van der Waals surface area contributed by atoms with E-state index in [9.17, 15) is 18.5 Å². The second kappa shape index (κ2) is 5.90. The van der Waals surface area contributed by atoms with Crippen molar-refractivity contribution in [2.75, 3.05) is 0 Å². The normalized spacial score (nSPS) is 11.1. The molecule has 0 aliphatic carbocycles. The Hall–Kier alpha value is -2.45. The van der Waals surface area contributed by atoms with E-state index < -0.39 is 14.9 Å². The van der Waals surface area contributed by atoms with Gasteiger partial charge in [-0.15, -0.1) is 0 Å². The second-order valence-electron chi connectivity index (χ2n) is 4.23. The van der Waals surface area contributed by atoms with E-state index in [4.69, 9.17) is 9.88 Å². The maximum Gasteiger partial charge on any atom is 0.269 e. The molecule has 0 aliphatic rings. The Labute approximate surface area is 121 Å². The number of nitro benzene ring substituents is 1. The molecule has 2 N–H and O–H groups in total. The standard InChI is InChI=1S/C13H12N2O5S/c14-21(18,19)13-7-1-10(2-8-13)9-20-12-5-3-11(4-6-12)15(16)17/h1-8H,9H2,(H2,14,18,19). The van der Waals surface area contributed by atoms with Gasteiger partial charge in [0, 0.05) is 12.1 Å². The van der Waals surface area contributed by atoms with Gasteiger partial charge in [0.25, 0.3) is 5.69 Å². The van der Waals surface area contributed by atoms with Gasteiger partial charge < -0.3 is 4.74 Å². The molecule has 2 aromatic rings. The minimum Gasteiger partial charge on any atom is -0.489 e. The number of non-ortho nitro benzene ring substituents is 1. The first-order chi connectivity index (χ1) is 9.86. The van der Waals surface area contributed by atoms with Crippen LogP contribution in [0.5, 0.6) is 5.75 Å². The summed E-state index contributed by atoms with van der Waals surface area (Å²) in [6.07, 6.45) is 0. The Morgan fingerprint density at radius 2 is 1.62 bits per heavy atom. The fourth-order valence-corrected chi connectivity index (χ4v) is 2.12. The van der Waals surface area contributed by atoms with Gasteiger partial charge in [-0.1, -0.05) is 12.1 Å². The van der Waals surface area contributed by atoms with Crippen molar-refractivity contribution < 1.29 is 18.1 Å². The van der Waals surface area contributed by atoms with Gasteiger partial charge in [-0.25, -0.2) is 13.6 Å². The summed E-state index contributed by atoms with van der Waals surface area (Å²) < 4.78 is 27.7. The monoisotopic (exact) mass is 308 g/mol. The quantitative estimate of drug-likeness (QED) is 0.668. The lowest BCUT2D eigenvalue weighted by atomic mass is 10.2. The highest BCUT2D eigenvalue weighted by molar-refractivity contribution is 7.89. The maximum absolute atomic E-state index is 11.1. The fourth-order valence-electron chi connectivity index (χ4n) is 1.61. The summed E-state index contributed by atoms with van der Waals surface area (Å²) in [6.45, 7) is 0.211. The van der Waals surface area contributed by atoms with E-state index in [2.05, 4.69) is 0 Å². The molecule has 0 spiro atoms. The van der Waals surface area contributed by atoms with Crippen LogP contribution in [0.1, 0.15) is 5.56 Å². The zero-order valence-corrected chi connectivity index (χ0v) is 11.6. The molecule has 21 heavy (non-hydrogen) atoms. The molecule has 0 fully saturated rings. The first-order valence-electron chi connectivity index (χ1n) is 5.85. The third-order valence-corrected chi connectivity index (χ3v) is 3.63. The van der Waals surface area contributed by atoms with E-state index in [1.807, 2.05) is 0 Å². The summed E-state index contributed by atoms with van der Waals surface area (Å²) in [7, 11) is -3.70. The van der Waals surface area contributed by atoms with Gasteiger partial charge in [0.1, 0.15) is 12.4 Å². The zero-order chi connectivity index (χ0) is 15.5. The van der Waals surface area contributed by atoms with Gasteiger partial charge in [-0.05, 0) is 29.8 Å². The van der Waals surface area contributed by atoms with E-state index >= 15 is 0 Å². The van der Waals surface area contributed by atoms with Gasteiger partial charge in [0.15, 0.2) is 0 Å². The second-order valence-corrected chi connectivity index (χ2v) is 5.79. The van der Waals surface area contributed by atoms with Crippen LogP contribution in [0.3, 0.4) is 0 Å². The molecule has 0 heterocycles. The molecule has 8 heteroatoms. The van der Waals surface area contributed by atoms with Crippen molar-refractivity contribution in [1.82, 2.24) is 0 Å². The van der Waals surface area contributed by atoms with Crippen LogP contribution in [0.25, 0.3) is 0 Å². The van der Waals surface area contributed by atoms with Crippen LogP contribution in [0.15, 0.2) is 53.4 Å². The molecule has 0 aromatic heterocycles. The van der Waals surface area contributed by atoms with Crippen molar-refractivity contribution >= 4 is 15.7 Å². The Kier molecular flexibility index (Phi) is 4.20. The highest BCUT2D eigenvalue weighted by Crippen LogP contribution is 2.18. The molecule has 2 rings (SSSR count). The highest BCUT2D eigenvalue weighted by Gasteiger charge is 2.07. The van der Waals surface area contributed by atoms with Gasteiger partial charge in [-0.2, -0.15) is 0 Å². The highest BCUT2D eigenvalue weighted by atomic mass is 32.2. The number of hydrogen-bond donors (Lipinski definition) is 1. The summed E-state index contributed by atoms with van der Waals surface area (Å²) in [5, 5.41) is 15.5. The van der Waals surface area contributed by atoms with Gasteiger partial charge in [0.2, 0.25) is 10.0 Å². The Morgan fingerprint density at radius 3 is 2.10 bits per heavy atom. The molecule has 2 aromatic carbocycles. The topological polar surface area (TPSA) is 113 Å². The first-order valence-corrected chi connectivity index (χ1v) is 7.40. The largest absolute Gasteiger partial charge is 0.489 e. The molecule has 0 radical (unpaired) electrons. The van der Waals surface area contributed by atoms with Gasteiger partial charge in [0.05, 0.1) is 9.82 Å². The molecule has 110 valence electrons. The number of hydrogen-bond acceptors (Lipinski definition) is 5. The Balaban J connectivity index is 2.01. The molecule has 0 unspecified atom stereocenters. The smallest absolute Gasteiger partial charge is 0.269 e. The van der Waals surface area contributed by atoms with Crippen molar-refractivity contribution in [2.45, 2.75) is 11.5 Å². The molecule has 7 nitrogen and oxygen atoms in total. The van der Waals surface area contributed by atoms with Crippen molar-refractivity contribution in [3.05, 3.63) is 64.2 Å². The van der Waals surface area contributed by atoms with Gasteiger partial charge in [-0.3, -0.25) is 10.1 Å². The molecule has 0 saturated carbocycles. The first kappa shape index (κ1) is 14.9. The fraction of sp³-hybridized carbons (Fsp3) is 0.0769. The lowest BCUT2D eigenvalue weighted by Gasteiger charge is -2.06. The predicted molar refractivity (Wildman–Crippen MR) is 75.2 cm³/mol. The summed E-state index contributed by atoms with van der Waals surface area (Å²) in [4.78, 5) is 10.0. The molecule has 0 amide bonds. The van der Waals surface area contributed by atoms with Crippen LogP contribution < -0.4 is 9.88 Å². The number of rotatable bonds is 5.